The van der Waals surface area contributed by atoms with Gasteiger partial charge in [0.25, 0.3) is 0 Å². The van der Waals surface area contributed by atoms with Crippen molar-refractivity contribution in [2.75, 3.05) is 11.9 Å². The van der Waals surface area contributed by atoms with E-state index in [0.29, 0.717) is 33.8 Å². The number of carbonyl (C=O) groups is 1. The third-order valence-corrected chi connectivity index (χ3v) is 7.74. The van der Waals surface area contributed by atoms with Crippen LogP contribution in [0.15, 0.2) is 59.3 Å². The van der Waals surface area contributed by atoms with E-state index in [1.165, 1.54) is 12.3 Å². The molecule has 0 unspecified atom stereocenters. The highest BCUT2D eigenvalue weighted by molar-refractivity contribution is 9.10. The van der Waals surface area contributed by atoms with Gasteiger partial charge >= 0.3 is 12.3 Å². The lowest BCUT2D eigenvalue weighted by Crippen LogP contribution is -2.50. The van der Waals surface area contributed by atoms with Gasteiger partial charge < -0.3 is 19.9 Å². The smallest absolute Gasteiger partial charge is 0.419 e. The molecule has 2 atom stereocenters. The number of fused-ring (bicyclic) bond motifs is 1. The van der Waals surface area contributed by atoms with Gasteiger partial charge in [-0.3, -0.25) is 0 Å². The minimum absolute atomic E-state index is 0.0159. The number of rotatable bonds is 5. The van der Waals surface area contributed by atoms with Crippen LogP contribution in [0.4, 0.5) is 23.9 Å². The van der Waals surface area contributed by atoms with E-state index in [4.69, 9.17) is 4.74 Å². The van der Waals surface area contributed by atoms with Crippen molar-refractivity contribution >= 4 is 38.9 Å². The Labute approximate surface area is 236 Å². The number of aromatic amines is 1. The topological polar surface area (TPSA) is 107 Å². The number of nitrogens with one attached hydrogen (secondary N) is 2. The van der Waals surface area contributed by atoms with Crippen molar-refractivity contribution in [1.82, 2.24) is 19.9 Å². The number of hydrogen-bond donors (Lipinski definition) is 2. The Morgan fingerprint density at radius 2 is 2.02 bits per heavy atom. The number of anilines is 1. The van der Waals surface area contributed by atoms with Crippen LogP contribution in [0.5, 0.6) is 0 Å². The number of hydrogen-bond acceptors (Lipinski definition) is 6. The summed E-state index contributed by atoms with van der Waals surface area (Å²) in [4.78, 5) is 25.6. The quantitative estimate of drug-likeness (QED) is 0.254. The van der Waals surface area contributed by atoms with E-state index in [9.17, 15) is 23.2 Å². The molecule has 8 nitrogen and oxygen atoms in total. The zero-order valence-corrected chi connectivity index (χ0v) is 22.9. The molecule has 0 radical (unpaired) electrons. The average Bonchev–Trinajstić information content (AvgIpc) is 3.38. The van der Waals surface area contributed by atoms with Crippen LogP contribution in [0.3, 0.4) is 0 Å². The summed E-state index contributed by atoms with van der Waals surface area (Å²) in [6.45, 7) is 2.36. The van der Waals surface area contributed by atoms with E-state index in [0.717, 1.165) is 11.8 Å². The molecule has 3 heterocycles. The summed E-state index contributed by atoms with van der Waals surface area (Å²) < 4.78 is 47.9. The summed E-state index contributed by atoms with van der Waals surface area (Å²) in [7, 11) is 0. The summed E-state index contributed by atoms with van der Waals surface area (Å²) in [5.41, 5.74) is 0.649. The summed E-state index contributed by atoms with van der Waals surface area (Å²) in [5, 5.41) is 12.9. The maximum absolute atomic E-state index is 14.0. The number of likely N-dealkylation sites (tertiary alicyclic amines) is 1. The fraction of sp³-hybridized carbons (Fsp3) is 0.286. The van der Waals surface area contributed by atoms with Gasteiger partial charge in [0, 0.05) is 42.0 Å². The van der Waals surface area contributed by atoms with Crippen molar-refractivity contribution in [3.8, 4) is 17.3 Å². The second-order valence-corrected chi connectivity index (χ2v) is 10.4. The van der Waals surface area contributed by atoms with E-state index in [2.05, 4.69) is 36.2 Å². The SMILES string of the molecule is C[C@H]1CC[C@H](Nc2ncc(C(F)(F)F)c(-c3c[nH]c4c(Br)c(C#N)ccc34)n2)CN1C(=O)OCc1ccccc1. The van der Waals surface area contributed by atoms with Crippen molar-refractivity contribution in [2.24, 2.45) is 0 Å². The van der Waals surface area contributed by atoms with Crippen molar-refractivity contribution < 1.29 is 22.7 Å². The number of carbonyl (C=O) groups excluding carboxylic acids is 1. The van der Waals surface area contributed by atoms with Crippen molar-refractivity contribution in [3.05, 3.63) is 76.0 Å². The monoisotopic (exact) mass is 612 g/mol. The number of H-pyrrole nitrogens is 1. The zero-order valence-electron chi connectivity index (χ0n) is 21.3. The lowest BCUT2D eigenvalue weighted by Gasteiger charge is -2.37. The van der Waals surface area contributed by atoms with Gasteiger partial charge in [-0.2, -0.15) is 18.4 Å². The van der Waals surface area contributed by atoms with Gasteiger partial charge in [0.1, 0.15) is 18.2 Å². The zero-order chi connectivity index (χ0) is 28.4. The average molecular weight is 613 g/mol. The van der Waals surface area contributed by atoms with Crippen LogP contribution < -0.4 is 5.32 Å². The molecule has 1 aliphatic rings. The van der Waals surface area contributed by atoms with Gasteiger partial charge in [-0.15, -0.1) is 0 Å². The Morgan fingerprint density at radius 3 is 2.75 bits per heavy atom. The molecule has 2 N–H and O–H groups in total. The van der Waals surface area contributed by atoms with Gasteiger partial charge in [0.05, 0.1) is 21.2 Å². The molecule has 1 fully saturated rings. The fourth-order valence-corrected chi connectivity index (χ4v) is 5.32. The maximum Gasteiger partial charge on any atom is 0.419 e. The molecular weight excluding hydrogens is 589 g/mol. The first-order valence-corrected chi connectivity index (χ1v) is 13.3. The normalized spacial score (nSPS) is 17.4. The van der Waals surface area contributed by atoms with Crippen LogP contribution in [0.1, 0.15) is 36.5 Å². The van der Waals surface area contributed by atoms with E-state index >= 15 is 0 Å². The highest BCUT2D eigenvalue weighted by atomic mass is 79.9. The summed E-state index contributed by atoms with van der Waals surface area (Å²) in [6, 6.07) is 14.1. The van der Waals surface area contributed by atoms with E-state index < -0.39 is 17.8 Å². The van der Waals surface area contributed by atoms with E-state index in [-0.39, 0.29) is 42.4 Å². The Morgan fingerprint density at radius 1 is 1.25 bits per heavy atom. The predicted molar refractivity (Wildman–Crippen MR) is 146 cm³/mol. The number of aromatic nitrogens is 3. The van der Waals surface area contributed by atoms with Gasteiger partial charge in [0.15, 0.2) is 0 Å². The Kier molecular flexibility index (Phi) is 7.67. The number of piperidine rings is 1. The largest absolute Gasteiger partial charge is 0.445 e. The molecule has 4 aromatic rings. The molecule has 206 valence electrons. The molecular formula is C28H24BrF3N6O2. The first-order chi connectivity index (χ1) is 19.2. The Hall–Kier alpha value is -4.11. The molecule has 0 aliphatic carbocycles. The molecule has 40 heavy (non-hydrogen) atoms. The molecule has 0 spiro atoms. The standard InChI is InChI=1S/C28H24BrF3N6O2/c1-16-7-9-19(14-38(16)27(39)40-15-17-5-3-2-4-6-17)36-26-35-13-22(28(30,31)32)24(37-26)21-12-34-25-20(21)10-8-18(11-33)23(25)29/h2-6,8,10,12-13,16,19,34H,7,9,14-15H2,1H3,(H,35,36,37)/t16-,19-/m0/s1. The molecule has 2 aromatic carbocycles. The third-order valence-electron chi connectivity index (χ3n) is 6.92. The molecule has 1 amide bonds. The molecule has 0 bridgehead atoms. The van der Waals surface area contributed by atoms with Crippen molar-refractivity contribution in [3.63, 3.8) is 0 Å². The molecule has 5 rings (SSSR count). The lowest BCUT2D eigenvalue weighted by atomic mass is 10.00. The lowest BCUT2D eigenvalue weighted by molar-refractivity contribution is -0.137. The van der Waals surface area contributed by atoms with E-state index in [1.54, 1.807) is 11.0 Å². The van der Waals surface area contributed by atoms with Crippen LogP contribution in [0, 0.1) is 11.3 Å². The molecule has 1 saturated heterocycles. The van der Waals surface area contributed by atoms with Crippen molar-refractivity contribution in [1.29, 1.82) is 5.26 Å². The summed E-state index contributed by atoms with van der Waals surface area (Å²) >= 11 is 3.35. The van der Waals surface area contributed by atoms with E-state index in [1.807, 2.05) is 43.3 Å². The Bertz CT molecular complexity index is 1580. The van der Waals surface area contributed by atoms with Gasteiger partial charge in [0.2, 0.25) is 5.95 Å². The summed E-state index contributed by atoms with van der Waals surface area (Å²) in [6.07, 6.45) is -1.62. The molecule has 0 saturated carbocycles. The first-order valence-electron chi connectivity index (χ1n) is 12.5. The minimum Gasteiger partial charge on any atom is -0.445 e. The van der Waals surface area contributed by atoms with Crippen LogP contribution in [-0.2, 0) is 17.5 Å². The number of benzene rings is 2. The number of nitriles is 1. The minimum atomic E-state index is -4.69. The number of nitrogens with zero attached hydrogens (tertiary/aromatic N) is 4. The second kappa shape index (κ2) is 11.2. The van der Waals surface area contributed by atoms with Crippen molar-refractivity contribution in [2.45, 2.75) is 44.6 Å². The molecule has 1 aliphatic heterocycles. The fourth-order valence-electron chi connectivity index (χ4n) is 4.77. The number of alkyl halides is 3. The van der Waals surface area contributed by atoms with Crippen LogP contribution >= 0.6 is 15.9 Å². The third kappa shape index (κ3) is 5.60. The molecule has 12 heteroatoms. The first kappa shape index (κ1) is 27.5. The van der Waals surface area contributed by atoms with Crippen LogP contribution in [0.2, 0.25) is 0 Å². The number of halogens is 4. The Balaban J connectivity index is 1.39. The van der Waals surface area contributed by atoms with Gasteiger partial charge in [-0.05, 0) is 47.3 Å². The number of amides is 1. The van der Waals surface area contributed by atoms with Gasteiger partial charge in [-0.25, -0.2) is 14.8 Å². The maximum atomic E-state index is 14.0. The summed E-state index contributed by atoms with van der Waals surface area (Å²) in [5.74, 6) is 0.0159. The van der Waals surface area contributed by atoms with Crippen LogP contribution in [-0.4, -0.2) is 44.6 Å². The van der Waals surface area contributed by atoms with Gasteiger partial charge in [-0.1, -0.05) is 36.4 Å². The second-order valence-electron chi connectivity index (χ2n) is 9.58. The highest BCUT2D eigenvalue weighted by Crippen LogP contribution is 2.40. The highest BCUT2D eigenvalue weighted by Gasteiger charge is 2.37. The number of ether oxygens (including phenoxy) is 1. The van der Waals surface area contributed by atoms with Crippen LogP contribution in [0.25, 0.3) is 22.2 Å². The molecule has 2 aromatic heterocycles. The predicted octanol–water partition coefficient (Wildman–Crippen LogP) is 6.88.